The second-order valence-electron chi connectivity index (χ2n) is 7.34. The van der Waals surface area contributed by atoms with Gasteiger partial charge in [-0.05, 0) is 69.5 Å². The van der Waals surface area contributed by atoms with Crippen molar-refractivity contribution < 1.29 is 9.31 Å². The Hall–Kier alpha value is -0.795. The molecule has 1 aliphatic carbocycles. The normalized spacial score (nSPS) is 27.4. The van der Waals surface area contributed by atoms with Gasteiger partial charge < -0.3 is 9.31 Å². The quantitative estimate of drug-likeness (QED) is 0.729. The van der Waals surface area contributed by atoms with Crippen LogP contribution >= 0.6 is 0 Å². The first-order valence-corrected chi connectivity index (χ1v) is 7.78. The molecule has 0 radical (unpaired) electrons. The molecule has 0 unspecified atom stereocenters. The summed E-state index contributed by atoms with van der Waals surface area (Å²) in [6.45, 7) is 10.7. The highest BCUT2D eigenvalue weighted by atomic mass is 16.7. The molecule has 0 amide bonds. The van der Waals surface area contributed by atoms with Crippen molar-refractivity contribution in [1.29, 1.82) is 0 Å². The number of aryl methyl sites for hydroxylation is 1. The van der Waals surface area contributed by atoms with Crippen LogP contribution in [-0.4, -0.2) is 18.3 Å². The summed E-state index contributed by atoms with van der Waals surface area (Å²) < 4.78 is 12.3. The molecule has 3 rings (SSSR count). The molecule has 1 aliphatic heterocycles. The Bertz CT molecular complexity index is 506. The molecule has 1 heterocycles. The van der Waals surface area contributed by atoms with Crippen LogP contribution in [0.3, 0.4) is 0 Å². The fourth-order valence-electron chi connectivity index (χ4n) is 3.20. The number of hydrogen-bond donors (Lipinski definition) is 0. The summed E-state index contributed by atoms with van der Waals surface area (Å²) in [4.78, 5) is 0. The van der Waals surface area contributed by atoms with E-state index < -0.39 is 0 Å². The Morgan fingerprint density at radius 1 is 1.10 bits per heavy atom. The monoisotopic (exact) mass is 272 g/mol. The summed E-state index contributed by atoms with van der Waals surface area (Å²) in [6.07, 6.45) is 3.79. The SMILES string of the molecule is C[C@@H]1CCCc2cc(B3OC(C)(C)C(C)(C)O3)ccc21. The number of benzene rings is 1. The van der Waals surface area contributed by atoms with Gasteiger partial charge in [-0.15, -0.1) is 0 Å². The van der Waals surface area contributed by atoms with Crippen molar-refractivity contribution in [3.05, 3.63) is 29.3 Å². The molecular weight excluding hydrogens is 247 g/mol. The lowest BCUT2D eigenvalue weighted by Crippen LogP contribution is -2.41. The minimum Gasteiger partial charge on any atom is -0.399 e. The molecular formula is C17H25BO2. The molecule has 2 nitrogen and oxygen atoms in total. The second kappa shape index (κ2) is 4.61. The van der Waals surface area contributed by atoms with E-state index in [1.165, 1.54) is 30.4 Å². The average Bonchev–Trinajstić information content (AvgIpc) is 2.58. The van der Waals surface area contributed by atoms with E-state index in [0.29, 0.717) is 5.92 Å². The summed E-state index contributed by atoms with van der Waals surface area (Å²) >= 11 is 0. The van der Waals surface area contributed by atoms with Crippen molar-refractivity contribution >= 4 is 12.6 Å². The first kappa shape index (κ1) is 14.2. The molecule has 1 fully saturated rings. The highest BCUT2D eigenvalue weighted by Crippen LogP contribution is 2.37. The third-order valence-electron chi connectivity index (χ3n) is 5.31. The fraction of sp³-hybridized carbons (Fsp3) is 0.647. The van der Waals surface area contributed by atoms with Gasteiger partial charge in [0, 0.05) is 0 Å². The van der Waals surface area contributed by atoms with Crippen LogP contribution in [-0.2, 0) is 15.7 Å². The number of fused-ring (bicyclic) bond motifs is 1. The molecule has 0 saturated carbocycles. The molecule has 0 aromatic heterocycles. The van der Waals surface area contributed by atoms with Gasteiger partial charge in [-0.3, -0.25) is 0 Å². The topological polar surface area (TPSA) is 18.5 Å². The van der Waals surface area contributed by atoms with Crippen molar-refractivity contribution in [1.82, 2.24) is 0 Å². The first-order chi connectivity index (χ1) is 9.30. The minimum atomic E-state index is -0.263. The lowest BCUT2D eigenvalue weighted by molar-refractivity contribution is 0.00578. The molecule has 2 aliphatic rings. The molecule has 20 heavy (non-hydrogen) atoms. The summed E-state index contributed by atoms with van der Waals surface area (Å²) in [7, 11) is -0.234. The molecule has 0 N–H and O–H groups in total. The predicted octanol–water partition coefficient (Wildman–Crippen LogP) is 3.43. The molecule has 1 aromatic rings. The lowest BCUT2D eigenvalue weighted by Gasteiger charge is -2.32. The summed E-state index contributed by atoms with van der Waals surface area (Å²) in [5, 5.41) is 0. The van der Waals surface area contributed by atoms with Crippen LogP contribution in [0.5, 0.6) is 0 Å². The van der Waals surface area contributed by atoms with E-state index >= 15 is 0 Å². The smallest absolute Gasteiger partial charge is 0.399 e. The van der Waals surface area contributed by atoms with E-state index in [-0.39, 0.29) is 18.3 Å². The van der Waals surface area contributed by atoms with Gasteiger partial charge >= 0.3 is 7.12 Å². The van der Waals surface area contributed by atoms with Crippen molar-refractivity contribution in [2.24, 2.45) is 0 Å². The van der Waals surface area contributed by atoms with E-state index in [4.69, 9.17) is 9.31 Å². The number of hydrogen-bond acceptors (Lipinski definition) is 2. The van der Waals surface area contributed by atoms with Gasteiger partial charge in [0.25, 0.3) is 0 Å². The van der Waals surface area contributed by atoms with Gasteiger partial charge in [0.2, 0.25) is 0 Å². The van der Waals surface area contributed by atoms with Crippen LogP contribution < -0.4 is 5.46 Å². The van der Waals surface area contributed by atoms with Crippen LogP contribution in [0.2, 0.25) is 0 Å². The van der Waals surface area contributed by atoms with E-state index in [1.54, 1.807) is 0 Å². The fourth-order valence-corrected chi connectivity index (χ4v) is 3.20. The molecule has 108 valence electrons. The Labute approximate surface area is 123 Å². The van der Waals surface area contributed by atoms with Crippen LogP contribution in [0.4, 0.5) is 0 Å². The lowest BCUT2D eigenvalue weighted by atomic mass is 9.74. The highest BCUT2D eigenvalue weighted by Gasteiger charge is 2.51. The van der Waals surface area contributed by atoms with Gasteiger partial charge in [-0.1, -0.05) is 25.1 Å². The molecule has 3 heteroatoms. The third-order valence-corrected chi connectivity index (χ3v) is 5.31. The van der Waals surface area contributed by atoms with Crippen molar-refractivity contribution in [3.63, 3.8) is 0 Å². The van der Waals surface area contributed by atoms with Crippen molar-refractivity contribution in [3.8, 4) is 0 Å². The zero-order valence-electron chi connectivity index (χ0n) is 13.3. The average molecular weight is 272 g/mol. The largest absolute Gasteiger partial charge is 0.494 e. The molecule has 1 aromatic carbocycles. The zero-order chi connectivity index (χ0) is 14.5. The van der Waals surface area contributed by atoms with Gasteiger partial charge in [0.1, 0.15) is 0 Å². The Kier molecular flexibility index (Phi) is 3.26. The maximum atomic E-state index is 6.15. The first-order valence-electron chi connectivity index (χ1n) is 7.78. The maximum absolute atomic E-state index is 6.15. The molecule has 1 atom stereocenters. The van der Waals surface area contributed by atoms with Crippen LogP contribution in [0.15, 0.2) is 18.2 Å². The Balaban J connectivity index is 1.90. The van der Waals surface area contributed by atoms with Crippen molar-refractivity contribution in [2.75, 3.05) is 0 Å². The molecule has 0 bridgehead atoms. The molecule has 1 saturated heterocycles. The van der Waals surface area contributed by atoms with E-state index in [2.05, 4.69) is 52.8 Å². The van der Waals surface area contributed by atoms with E-state index in [1.807, 2.05) is 0 Å². The standard InChI is InChI=1S/C17H25BO2/c1-12-7-6-8-13-11-14(9-10-15(12)13)18-19-16(2,3)17(4,5)20-18/h9-12H,6-8H2,1-5H3/t12-/m1/s1. The van der Waals surface area contributed by atoms with Gasteiger partial charge in [-0.25, -0.2) is 0 Å². The highest BCUT2D eigenvalue weighted by molar-refractivity contribution is 6.62. The van der Waals surface area contributed by atoms with Crippen molar-refractivity contribution in [2.45, 2.75) is 71.0 Å². The predicted molar refractivity (Wildman–Crippen MR) is 83.5 cm³/mol. The molecule has 0 spiro atoms. The van der Waals surface area contributed by atoms with Gasteiger partial charge in [0.15, 0.2) is 0 Å². The summed E-state index contributed by atoms with van der Waals surface area (Å²) in [5.74, 6) is 0.686. The van der Waals surface area contributed by atoms with E-state index in [9.17, 15) is 0 Å². The maximum Gasteiger partial charge on any atom is 0.494 e. The number of rotatable bonds is 1. The van der Waals surface area contributed by atoms with E-state index in [0.717, 1.165) is 5.46 Å². The van der Waals surface area contributed by atoms with Crippen LogP contribution in [0, 0.1) is 0 Å². The van der Waals surface area contributed by atoms with Crippen LogP contribution in [0.1, 0.15) is 64.5 Å². The Morgan fingerprint density at radius 3 is 2.40 bits per heavy atom. The second-order valence-corrected chi connectivity index (χ2v) is 7.34. The Morgan fingerprint density at radius 2 is 1.75 bits per heavy atom. The third kappa shape index (κ3) is 2.21. The summed E-state index contributed by atoms with van der Waals surface area (Å²) in [5.41, 5.74) is 3.63. The van der Waals surface area contributed by atoms with Crippen LogP contribution in [0.25, 0.3) is 0 Å². The minimum absolute atomic E-state index is 0.234. The van der Waals surface area contributed by atoms with Gasteiger partial charge in [0.05, 0.1) is 11.2 Å². The summed E-state index contributed by atoms with van der Waals surface area (Å²) in [6, 6.07) is 6.76. The van der Waals surface area contributed by atoms with Gasteiger partial charge in [-0.2, -0.15) is 0 Å². The zero-order valence-corrected chi connectivity index (χ0v) is 13.3.